The second kappa shape index (κ2) is 7.36. The van der Waals surface area contributed by atoms with Gasteiger partial charge < -0.3 is 10.1 Å². The molecule has 0 aromatic heterocycles. The van der Waals surface area contributed by atoms with E-state index in [1.807, 2.05) is 30.9 Å². The van der Waals surface area contributed by atoms with Crippen LogP contribution < -0.4 is 10.1 Å². The van der Waals surface area contributed by atoms with E-state index in [0.717, 1.165) is 11.5 Å². The molecule has 106 valence electrons. The number of thioether (sulfide) groups is 1. The number of hydrogen-bond donors (Lipinski definition) is 1. The van der Waals surface area contributed by atoms with Gasteiger partial charge in [0.25, 0.3) is 0 Å². The molecule has 0 amide bonds. The average molecular weight is 287 g/mol. The Morgan fingerprint density at radius 3 is 2.65 bits per heavy atom. The number of methoxy groups -OCH3 is 1. The van der Waals surface area contributed by atoms with Gasteiger partial charge in [-0.25, -0.2) is 0 Å². The maximum atomic E-state index is 5.29. The Hall–Kier alpha value is -1.45. The summed E-state index contributed by atoms with van der Waals surface area (Å²) in [6.45, 7) is 2.13. The van der Waals surface area contributed by atoms with Gasteiger partial charge >= 0.3 is 0 Å². The molecule has 2 nitrogen and oxygen atoms in total. The number of rotatable bonds is 6. The molecular formula is C17H21NOS. The number of aryl methyl sites for hydroxylation is 1. The molecule has 0 radical (unpaired) electrons. The Kier molecular flexibility index (Phi) is 5.50. The lowest BCUT2D eigenvalue weighted by molar-refractivity contribution is 0.413. The van der Waals surface area contributed by atoms with Crippen LogP contribution in [0.15, 0.2) is 53.4 Å². The van der Waals surface area contributed by atoms with E-state index in [2.05, 4.69) is 48.6 Å². The third-order valence-corrected chi connectivity index (χ3v) is 4.34. The fourth-order valence-electron chi connectivity index (χ4n) is 2.09. The van der Waals surface area contributed by atoms with Gasteiger partial charge in [0.05, 0.1) is 7.11 Å². The monoisotopic (exact) mass is 287 g/mol. The number of hydrogen-bond acceptors (Lipinski definition) is 3. The summed E-state index contributed by atoms with van der Waals surface area (Å²) in [5, 5.41) is 3.38. The van der Waals surface area contributed by atoms with E-state index in [4.69, 9.17) is 4.74 Å². The predicted molar refractivity (Wildman–Crippen MR) is 86.7 cm³/mol. The summed E-state index contributed by atoms with van der Waals surface area (Å²) in [5.41, 5.74) is 2.56. The second-order valence-corrected chi connectivity index (χ2v) is 5.84. The summed E-state index contributed by atoms with van der Waals surface area (Å²) in [6.07, 6.45) is 0. The van der Waals surface area contributed by atoms with Crippen LogP contribution in [0.4, 0.5) is 0 Å². The zero-order chi connectivity index (χ0) is 14.4. The van der Waals surface area contributed by atoms with Gasteiger partial charge in [0.15, 0.2) is 0 Å². The molecule has 0 saturated carbocycles. The summed E-state index contributed by atoms with van der Waals surface area (Å²) in [4.78, 5) is 1.31. The Morgan fingerprint density at radius 1 is 1.15 bits per heavy atom. The summed E-state index contributed by atoms with van der Waals surface area (Å²) in [6, 6.07) is 17.2. The van der Waals surface area contributed by atoms with Gasteiger partial charge in [-0.1, -0.05) is 29.8 Å². The highest BCUT2D eigenvalue weighted by atomic mass is 32.2. The summed E-state index contributed by atoms with van der Waals surface area (Å²) in [7, 11) is 3.70. The molecule has 0 heterocycles. The van der Waals surface area contributed by atoms with Crippen LogP contribution in [0.3, 0.4) is 0 Å². The zero-order valence-corrected chi connectivity index (χ0v) is 13.0. The van der Waals surface area contributed by atoms with Crippen LogP contribution >= 0.6 is 11.8 Å². The molecule has 2 aromatic carbocycles. The molecule has 1 unspecified atom stereocenters. The molecule has 20 heavy (non-hydrogen) atoms. The topological polar surface area (TPSA) is 21.3 Å². The molecule has 2 aromatic rings. The van der Waals surface area contributed by atoms with Gasteiger partial charge in [0, 0.05) is 16.7 Å². The Bertz CT molecular complexity index is 556. The van der Waals surface area contributed by atoms with Gasteiger partial charge in [-0.05, 0) is 43.8 Å². The Morgan fingerprint density at radius 2 is 1.95 bits per heavy atom. The minimum absolute atomic E-state index is 0.315. The minimum Gasteiger partial charge on any atom is -0.497 e. The first-order chi connectivity index (χ1) is 9.72. The Balaban J connectivity index is 2.05. The van der Waals surface area contributed by atoms with Crippen molar-refractivity contribution in [3.63, 3.8) is 0 Å². The average Bonchev–Trinajstić information content (AvgIpc) is 2.48. The summed E-state index contributed by atoms with van der Waals surface area (Å²) >= 11 is 1.87. The highest BCUT2D eigenvalue weighted by Gasteiger charge is 2.10. The van der Waals surface area contributed by atoms with E-state index in [1.165, 1.54) is 16.0 Å². The van der Waals surface area contributed by atoms with Gasteiger partial charge in [0.1, 0.15) is 5.75 Å². The molecular weight excluding hydrogens is 266 g/mol. The summed E-state index contributed by atoms with van der Waals surface area (Å²) < 4.78 is 5.29. The molecule has 3 heteroatoms. The highest BCUT2D eigenvalue weighted by molar-refractivity contribution is 7.99. The van der Waals surface area contributed by atoms with Crippen molar-refractivity contribution < 1.29 is 4.74 Å². The van der Waals surface area contributed by atoms with E-state index < -0.39 is 0 Å². The molecule has 0 aliphatic carbocycles. The number of nitrogens with one attached hydrogen (secondary N) is 1. The third kappa shape index (κ3) is 4.02. The standard InChI is InChI=1S/C17H21NOS/c1-13-6-4-9-16(10-13)20-12-17(18-2)14-7-5-8-15(11-14)19-3/h4-11,17-18H,12H2,1-3H3. The van der Waals surface area contributed by atoms with Crippen LogP contribution in [0.1, 0.15) is 17.2 Å². The maximum absolute atomic E-state index is 5.29. The largest absolute Gasteiger partial charge is 0.497 e. The molecule has 0 saturated heterocycles. The first kappa shape index (κ1) is 14.9. The molecule has 0 aliphatic rings. The molecule has 0 bridgehead atoms. The molecule has 0 spiro atoms. The lowest BCUT2D eigenvalue weighted by Gasteiger charge is -2.17. The van der Waals surface area contributed by atoms with Crippen molar-refractivity contribution in [1.82, 2.24) is 5.32 Å². The fourth-order valence-corrected chi connectivity index (χ4v) is 3.25. The van der Waals surface area contributed by atoms with Gasteiger partial charge in [-0.3, -0.25) is 0 Å². The van der Waals surface area contributed by atoms with E-state index in [0.29, 0.717) is 6.04 Å². The predicted octanol–water partition coefficient (Wildman–Crippen LogP) is 4.06. The molecule has 1 atom stereocenters. The molecule has 0 fully saturated rings. The maximum Gasteiger partial charge on any atom is 0.119 e. The third-order valence-electron chi connectivity index (χ3n) is 3.25. The smallest absolute Gasteiger partial charge is 0.119 e. The van der Waals surface area contributed by atoms with Crippen molar-refractivity contribution in [3.05, 3.63) is 59.7 Å². The van der Waals surface area contributed by atoms with Crippen molar-refractivity contribution in [2.75, 3.05) is 19.9 Å². The van der Waals surface area contributed by atoms with Crippen LogP contribution in [-0.4, -0.2) is 19.9 Å². The van der Waals surface area contributed by atoms with Gasteiger partial charge in [0.2, 0.25) is 0 Å². The SMILES string of the molecule is CNC(CSc1cccc(C)c1)c1cccc(OC)c1. The van der Waals surface area contributed by atoms with Gasteiger partial charge in [-0.2, -0.15) is 0 Å². The number of benzene rings is 2. The second-order valence-electron chi connectivity index (χ2n) is 4.75. The highest BCUT2D eigenvalue weighted by Crippen LogP contribution is 2.26. The molecule has 1 N–H and O–H groups in total. The fraction of sp³-hybridized carbons (Fsp3) is 0.294. The quantitative estimate of drug-likeness (QED) is 0.810. The first-order valence-corrected chi connectivity index (χ1v) is 7.72. The van der Waals surface area contributed by atoms with Crippen molar-refractivity contribution in [1.29, 1.82) is 0 Å². The van der Waals surface area contributed by atoms with Crippen LogP contribution in [0, 0.1) is 6.92 Å². The van der Waals surface area contributed by atoms with E-state index >= 15 is 0 Å². The molecule has 0 aliphatic heterocycles. The van der Waals surface area contributed by atoms with Crippen LogP contribution in [0.25, 0.3) is 0 Å². The van der Waals surface area contributed by atoms with E-state index in [-0.39, 0.29) is 0 Å². The zero-order valence-electron chi connectivity index (χ0n) is 12.2. The normalized spacial score (nSPS) is 12.2. The summed E-state index contributed by atoms with van der Waals surface area (Å²) in [5.74, 6) is 1.90. The lowest BCUT2D eigenvalue weighted by Crippen LogP contribution is -2.18. The van der Waals surface area contributed by atoms with Gasteiger partial charge in [-0.15, -0.1) is 11.8 Å². The molecule has 2 rings (SSSR count). The number of ether oxygens (including phenoxy) is 1. The van der Waals surface area contributed by atoms with E-state index in [9.17, 15) is 0 Å². The van der Waals surface area contributed by atoms with Crippen LogP contribution in [0.2, 0.25) is 0 Å². The van der Waals surface area contributed by atoms with Crippen LogP contribution in [-0.2, 0) is 0 Å². The van der Waals surface area contributed by atoms with Crippen LogP contribution in [0.5, 0.6) is 5.75 Å². The van der Waals surface area contributed by atoms with Crippen molar-refractivity contribution >= 4 is 11.8 Å². The Labute approximate surface area is 125 Å². The van der Waals surface area contributed by atoms with Crippen molar-refractivity contribution in [2.45, 2.75) is 17.9 Å². The first-order valence-electron chi connectivity index (χ1n) is 6.73. The van der Waals surface area contributed by atoms with Crippen molar-refractivity contribution in [3.8, 4) is 5.75 Å². The van der Waals surface area contributed by atoms with E-state index in [1.54, 1.807) is 7.11 Å². The lowest BCUT2D eigenvalue weighted by atomic mass is 10.1. The minimum atomic E-state index is 0.315. The van der Waals surface area contributed by atoms with Crippen molar-refractivity contribution in [2.24, 2.45) is 0 Å².